The number of H-pyrrole nitrogens is 1. The minimum absolute atomic E-state index is 0.0224. The molecule has 1 aliphatic carbocycles. The van der Waals surface area contributed by atoms with Crippen LogP contribution in [-0.4, -0.2) is 62.2 Å². The van der Waals surface area contributed by atoms with Gasteiger partial charge < -0.3 is 19.8 Å². The maximum Gasteiger partial charge on any atom is 0.345 e. The molecule has 3 heterocycles. The molecule has 2 N–H and O–H groups in total. The first-order valence-corrected chi connectivity index (χ1v) is 11.2. The lowest BCUT2D eigenvalue weighted by Crippen LogP contribution is -2.31. The first kappa shape index (κ1) is 23.3. The van der Waals surface area contributed by atoms with Crippen LogP contribution in [0.4, 0.5) is 23.5 Å². The highest BCUT2D eigenvalue weighted by atomic mass is 19.3. The van der Waals surface area contributed by atoms with E-state index in [2.05, 4.69) is 35.3 Å². The van der Waals surface area contributed by atoms with Crippen molar-refractivity contribution in [2.75, 3.05) is 12.4 Å². The topological polar surface area (TPSA) is 103 Å². The van der Waals surface area contributed by atoms with Gasteiger partial charge in [-0.15, -0.1) is 5.10 Å². The number of methoxy groups -OCH3 is 1. The van der Waals surface area contributed by atoms with Gasteiger partial charge in [0.05, 0.1) is 24.1 Å². The Morgan fingerprint density at radius 1 is 1.14 bits per heavy atom. The maximum absolute atomic E-state index is 12.9. The van der Waals surface area contributed by atoms with Crippen LogP contribution >= 0.6 is 0 Å². The zero-order valence-electron chi connectivity index (χ0n) is 18.7. The summed E-state index contributed by atoms with van der Waals surface area (Å²) in [5, 5.41) is 11.7. The van der Waals surface area contributed by atoms with Crippen molar-refractivity contribution < 1.29 is 27.0 Å². The van der Waals surface area contributed by atoms with Gasteiger partial charge in [-0.2, -0.15) is 18.7 Å². The van der Waals surface area contributed by atoms with Crippen molar-refractivity contribution in [2.24, 2.45) is 0 Å². The largest absolute Gasteiger partial charge is 0.480 e. The Balaban J connectivity index is 1.41. The lowest BCUT2D eigenvalue weighted by molar-refractivity contribution is -0.169. The van der Waals surface area contributed by atoms with Gasteiger partial charge in [0.25, 0.3) is 6.43 Å². The quantitative estimate of drug-likeness (QED) is 0.346. The highest BCUT2D eigenvalue weighted by Gasteiger charge is 2.25. The molecule has 35 heavy (non-hydrogen) atoms. The second-order valence-corrected chi connectivity index (χ2v) is 8.36. The van der Waals surface area contributed by atoms with E-state index in [4.69, 9.17) is 4.74 Å². The Morgan fingerprint density at radius 3 is 2.66 bits per heavy atom. The average Bonchev–Trinajstić information content (AvgIpc) is 3.43. The van der Waals surface area contributed by atoms with Crippen molar-refractivity contribution in [1.29, 1.82) is 0 Å². The molecule has 9 nitrogen and oxygen atoms in total. The molecule has 0 atom stereocenters. The highest BCUT2D eigenvalue weighted by molar-refractivity contribution is 5.99. The molecule has 1 aliphatic rings. The summed E-state index contributed by atoms with van der Waals surface area (Å²) < 4.78 is 62.0. The summed E-state index contributed by atoms with van der Waals surface area (Å²) in [5.41, 5.74) is 3.00. The highest BCUT2D eigenvalue weighted by Crippen LogP contribution is 2.36. The SMILES string of the molecule is COc1nc(NC2CCC(OC(F)F)CC2)nc2[nH]cc(-c3ccc4nnn(CC(F)F)c4c3)c12. The average molecular weight is 493 g/mol. The predicted octanol–water partition coefficient (Wildman–Crippen LogP) is 4.61. The number of hydrogen-bond acceptors (Lipinski definition) is 7. The number of rotatable bonds is 8. The number of fused-ring (bicyclic) bond motifs is 2. The molecule has 13 heteroatoms. The van der Waals surface area contributed by atoms with Crippen LogP contribution in [0.25, 0.3) is 33.2 Å². The van der Waals surface area contributed by atoms with Crippen LogP contribution in [0, 0.1) is 0 Å². The van der Waals surface area contributed by atoms with E-state index in [1.54, 1.807) is 18.3 Å². The number of nitrogens with one attached hydrogen (secondary N) is 2. The molecule has 0 radical (unpaired) electrons. The number of ether oxygens (including phenoxy) is 2. The summed E-state index contributed by atoms with van der Waals surface area (Å²) in [6.45, 7) is -3.31. The third kappa shape index (κ3) is 4.85. The van der Waals surface area contributed by atoms with Gasteiger partial charge in [-0.1, -0.05) is 11.3 Å². The summed E-state index contributed by atoms with van der Waals surface area (Å²) in [5.74, 6) is 0.693. The molecular formula is C22H23F4N7O2. The number of aromatic amines is 1. The number of nitrogens with zero attached hydrogens (tertiary/aromatic N) is 5. The fraction of sp³-hybridized carbons (Fsp3) is 0.455. The van der Waals surface area contributed by atoms with Gasteiger partial charge in [0.1, 0.15) is 17.7 Å². The molecule has 5 rings (SSSR count). The number of hydrogen-bond donors (Lipinski definition) is 2. The first-order chi connectivity index (χ1) is 16.9. The van der Waals surface area contributed by atoms with Crippen molar-refractivity contribution in [3.8, 4) is 17.0 Å². The van der Waals surface area contributed by atoms with Gasteiger partial charge in [-0.3, -0.25) is 0 Å². The summed E-state index contributed by atoms with van der Waals surface area (Å²) in [6, 6.07) is 5.30. The zero-order chi connectivity index (χ0) is 24.5. The molecule has 1 saturated carbocycles. The molecule has 186 valence electrons. The molecule has 4 aromatic rings. The molecule has 0 aliphatic heterocycles. The van der Waals surface area contributed by atoms with Crippen LogP contribution in [0.15, 0.2) is 24.4 Å². The molecule has 0 amide bonds. The third-order valence-corrected chi connectivity index (χ3v) is 6.13. The van der Waals surface area contributed by atoms with Crippen LogP contribution in [0.5, 0.6) is 5.88 Å². The molecule has 3 aromatic heterocycles. The Kier molecular flexibility index (Phi) is 6.41. The van der Waals surface area contributed by atoms with Gasteiger partial charge in [0.2, 0.25) is 11.8 Å². The Hall–Kier alpha value is -3.48. The number of benzene rings is 1. The van der Waals surface area contributed by atoms with E-state index in [0.717, 1.165) is 11.1 Å². The Bertz CT molecular complexity index is 1320. The van der Waals surface area contributed by atoms with Gasteiger partial charge in [0.15, 0.2) is 0 Å². The van der Waals surface area contributed by atoms with E-state index >= 15 is 0 Å². The second-order valence-electron chi connectivity index (χ2n) is 8.36. The number of aromatic nitrogens is 6. The molecule has 0 unspecified atom stereocenters. The van der Waals surface area contributed by atoms with Crippen LogP contribution in [0.2, 0.25) is 0 Å². The van der Waals surface area contributed by atoms with Crippen LogP contribution in [0.3, 0.4) is 0 Å². The summed E-state index contributed by atoms with van der Waals surface area (Å²) in [6.07, 6.45) is 1.10. The van der Waals surface area contributed by atoms with E-state index in [1.807, 2.05) is 6.07 Å². The monoisotopic (exact) mass is 493 g/mol. The van der Waals surface area contributed by atoms with E-state index in [-0.39, 0.29) is 6.04 Å². The van der Waals surface area contributed by atoms with Crippen molar-refractivity contribution >= 4 is 28.0 Å². The Labute approximate surface area is 196 Å². The fourth-order valence-electron chi connectivity index (χ4n) is 4.51. The lowest BCUT2D eigenvalue weighted by atomic mass is 9.93. The van der Waals surface area contributed by atoms with E-state index in [0.29, 0.717) is 59.6 Å². The molecule has 0 spiro atoms. The van der Waals surface area contributed by atoms with Crippen molar-refractivity contribution in [1.82, 2.24) is 29.9 Å². The van der Waals surface area contributed by atoms with Crippen molar-refractivity contribution in [3.63, 3.8) is 0 Å². The zero-order valence-corrected chi connectivity index (χ0v) is 18.7. The summed E-state index contributed by atoms with van der Waals surface area (Å²) in [4.78, 5) is 12.2. The summed E-state index contributed by atoms with van der Waals surface area (Å²) >= 11 is 0. The molecular weight excluding hydrogens is 470 g/mol. The van der Waals surface area contributed by atoms with E-state index in [9.17, 15) is 17.6 Å². The molecule has 1 fully saturated rings. The number of alkyl halides is 4. The van der Waals surface area contributed by atoms with Gasteiger partial charge >= 0.3 is 6.61 Å². The van der Waals surface area contributed by atoms with Crippen LogP contribution < -0.4 is 10.1 Å². The minimum atomic E-state index is -2.76. The normalized spacial score (nSPS) is 18.7. The number of anilines is 1. The third-order valence-electron chi connectivity index (χ3n) is 6.13. The van der Waals surface area contributed by atoms with Gasteiger partial charge in [0, 0.05) is 17.8 Å². The standard InChI is InChI=1S/C22H23F4N7O2/c1-34-20-18-14(11-2-7-15-16(8-11)33(32-31-15)10-17(23)24)9-27-19(18)29-22(30-20)28-12-3-5-13(6-4-12)35-21(25)26/h2,7-9,12-13,17,21H,3-6,10H2,1H3,(H2,27,28,29,30). The second kappa shape index (κ2) is 9.64. The van der Waals surface area contributed by atoms with Crippen molar-refractivity contribution in [2.45, 2.75) is 57.4 Å². The molecule has 0 bridgehead atoms. The predicted molar refractivity (Wildman–Crippen MR) is 120 cm³/mol. The van der Waals surface area contributed by atoms with E-state index in [1.165, 1.54) is 11.8 Å². The van der Waals surface area contributed by atoms with Crippen LogP contribution in [0.1, 0.15) is 25.7 Å². The van der Waals surface area contributed by atoms with Gasteiger partial charge in [-0.05, 0) is 43.4 Å². The number of halogens is 4. The molecule has 0 saturated heterocycles. The fourth-order valence-corrected chi connectivity index (χ4v) is 4.51. The van der Waals surface area contributed by atoms with E-state index < -0.39 is 25.7 Å². The summed E-state index contributed by atoms with van der Waals surface area (Å²) in [7, 11) is 1.50. The Morgan fingerprint density at radius 2 is 1.94 bits per heavy atom. The molecule has 1 aromatic carbocycles. The minimum Gasteiger partial charge on any atom is -0.480 e. The first-order valence-electron chi connectivity index (χ1n) is 11.2. The maximum atomic E-state index is 12.9. The van der Waals surface area contributed by atoms with Gasteiger partial charge in [-0.25, -0.2) is 13.5 Å². The van der Waals surface area contributed by atoms with Crippen molar-refractivity contribution in [3.05, 3.63) is 24.4 Å². The lowest BCUT2D eigenvalue weighted by Gasteiger charge is -2.28. The smallest absolute Gasteiger partial charge is 0.345 e. The van der Waals surface area contributed by atoms with Crippen LogP contribution in [-0.2, 0) is 11.3 Å².